The number of hydrogen-bond acceptors (Lipinski definition) is 5. The third kappa shape index (κ3) is 3.47. The van der Waals surface area contributed by atoms with Crippen LogP contribution < -0.4 is 10.2 Å². The second-order valence-corrected chi connectivity index (χ2v) is 5.19. The number of aromatic amines is 1. The van der Waals surface area contributed by atoms with E-state index in [4.69, 9.17) is 14.9 Å². The van der Waals surface area contributed by atoms with Crippen molar-refractivity contribution in [3.8, 4) is 5.75 Å². The van der Waals surface area contributed by atoms with Gasteiger partial charge in [0.25, 0.3) is 0 Å². The van der Waals surface area contributed by atoms with Crippen LogP contribution in [-0.4, -0.2) is 53.5 Å². The summed E-state index contributed by atoms with van der Waals surface area (Å²) in [6.07, 6.45) is 0. The van der Waals surface area contributed by atoms with E-state index in [1.165, 1.54) is 0 Å². The first-order valence-corrected chi connectivity index (χ1v) is 7.24. The number of aryl methyl sites for hydroxylation is 1. The molecule has 0 bridgehead atoms. The number of aliphatic hydroxyl groups excluding tert-OH is 2. The minimum Gasteiger partial charge on any atom is -0.497 e. The van der Waals surface area contributed by atoms with Gasteiger partial charge in [0.05, 0.1) is 20.3 Å². The molecule has 1 aromatic heterocycles. The number of nitrogens with one attached hydrogen (secondary N) is 1. The number of H-pyrrole nitrogens is 1. The van der Waals surface area contributed by atoms with E-state index in [0.29, 0.717) is 36.3 Å². The van der Waals surface area contributed by atoms with E-state index < -0.39 is 0 Å². The van der Waals surface area contributed by atoms with E-state index in [9.17, 15) is 4.79 Å². The van der Waals surface area contributed by atoms with E-state index in [1.54, 1.807) is 19.2 Å². The Morgan fingerprint density at radius 1 is 1.23 bits per heavy atom. The average molecular weight is 306 g/mol. The molecule has 2 aromatic rings. The van der Waals surface area contributed by atoms with Gasteiger partial charge in [0.1, 0.15) is 5.75 Å². The van der Waals surface area contributed by atoms with Gasteiger partial charge < -0.3 is 19.9 Å². The lowest BCUT2D eigenvalue weighted by atomic mass is 10.1. The second-order valence-electron chi connectivity index (χ2n) is 5.19. The first-order valence-electron chi connectivity index (χ1n) is 7.24. The van der Waals surface area contributed by atoms with Gasteiger partial charge in [-0.2, -0.15) is 0 Å². The van der Waals surface area contributed by atoms with Crippen molar-refractivity contribution in [1.29, 1.82) is 0 Å². The average Bonchev–Trinajstić information content (AvgIpc) is 2.51. The summed E-state index contributed by atoms with van der Waals surface area (Å²) in [6, 6.07) is 5.35. The van der Waals surface area contributed by atoms with E-state index in [1.807, 2.05) is 17.9 Å². The Labute approximate surface area is 129 Å². The molecule has 3 N–H and O–H groups in total. The molecule has 6 heteroatoms. The third-order valence-electron chi connectivity index (χ3n) is 3.73. The van der Waals surface area contributed by atoms with Crippen molar-refractivity contribution in [2.75, 3.05) is 33.4 Å². The number of aliphatic hydroxyl groups is 2. The Bertz CT molecular complexity index is 690. The van der Waals surface area contributed by atoms with Crippen LogP contribution in [0, 0.1) is 6.92 Å². The molecule has 120 valence electrons. The van der Waals surface area contributed by atoms with Crippen LogP contribution >= 0.6 is 0 Å². The number of fused-ring (bicyclic) bond motifs is 1. The molecule has 0 saturated heterocycles. The Balaban J connectivity index is 2.46. The highest BCUT2D eigenvalue weighted by molar-refractivity contribution is 5.81. The summed E-state index contributed by atoms with van der Waals surface area (Å²) in [5.41, 5.74) is 2.15. The molecular formula is C16H22N2O4. The molecular weight excluding hydrogens is 284 g/mol. The Morgan fingerprint density at radius 3 is 2.50 bits per heavy atom. The van der Waals surface area contributed by atoms with Crippen LogP contribution in [0.25, 0.3) is 10.9 Å². The molecule has 0 aliphatic carbocycles. The number of nitrogens with zero attached hydrogens (tertiary/aromatic N) is 1. The molecule has 2 rings (SSSR count). The SMILES string of the molecule is COc1ccc2[nH]c(C)c(CN(CCO)CCO)c(=O)c2c1. The number of rotatable bonds is 7. The Morgan fingerprint density at radius 2 is 1.91 bits per heavy atom. The summed E-state index contributed by atoms with van der Waals surface area (Å²) < 4.78 is 5.18. The zero-order valence-corrected chi connectivity index (χ0v) is 12.9. The highest BCUT2D eigenvalue weighted by Gasteiger charge is 2.13. The molecule has 22 heavy (non-hydrogen) atoms. The van der Waals surface area contributed by atoms with Crippen molar-refractivity contribution in [3.05, 3.63) is 39.7 Å². The zero-order chi connectivity index (χ0) is 16.1. The molecule has 0 aliphatic rings. The molecule has 6 nitrogen and oxygen atoms in total. The Hall–Kier alpha value is -1.89. The summed E-state index contributed by atoms with van der Waals surface area (Å²) in [7, 11) is 1.56. The number of benzene rings is 1. The van der Waals surface area contributed by atoms with Gasteiger partial charge in [-0.25, -0.2) is 0 Å². The minimum atomic E-state index is -0.0500. The van der Waals surface area contributed by atoms with Crippen LogP contribution in [0.2, 0.25) is 0 Å². The normalized spacial score (nSPS) is 11.3. The van der Waals surface area contributed by atoms with Crippen molar-refractivity contribution in [2.24, 2.45) is 0 Å². The number of ether oxygens (including phenoxy) is 1. The maximum absolute atomic E-state index is 12.7. The molecule has 0 atom stereocenters. The summed E-state index contributed by atoms with van der Waals surface area (Å²) in [5.74, 6) is 0.635. The molecule has 0 aliphatic heterocycles. The first kappa shape index (κ1) is 16.5. The van der Waals surface area contributed by atoms with E-state index in [-0.39, 0.29) is 18.6 Å². The lowest BCUT2D eigenvalue weighted by Gasteiger charge is -2.21. The van der Waals surface area contributed by atoms with Crippen molar-refractivity contribution >= 4 is 10.9 Å². The predicted molar refractivity (Wildman–Crippen MR) is 85.3 cm³/mol. The van der Waals surface area contributed by atoms with Crippen LogP contribution in [0.3, 0.4) is 0 Å². The summed E-state index contributed by atoms with van der Waals surface area (Å²) >= 11 is 0. The van der Waals surface area contributed by atoms with E-state index in [0.717, 1.165) is 11.2 Å². The predicted octanol–water partition coefficient (Wildman–Crippen LogP) is 0.632. The standard InChI is InChI=1S/C16H22N2O4/c1-11-14(10-18(5-7-19)6-8-20)16(21)13-9-12(22-2)3-4-15(13)17-11/h3-4,9,19-20H,5-8,10H2,1-2H3,(H,17,21). The monoisotopic (exact) mass is 306 g/mol. The van der Waals surface area contributed by atoms with Gasteiger partial charge >= 0.3 is 0 Å². The van der Waals surface area contributed by atoms with Gasteiger partial charge in [-0.1, -0.05) is 0 Å². The molecule has 1 aromatic carbocycles. The summed E-state index contributed by atoms with van der Waals surface area (Å²) in [6.45, 7) is 3.04. The fourth-order valence-corrected chi connectivity index (χ4v) is 2.52. The first-order chi connectivity index (χ1) is 10.6. The van der Waals surface area contributed by atoms with Crippen molar-refractivity contribution in [3.63, 3.8) is 0 Å². The zero-order valence-electron chi connectivity index (χ0n) is 12.9. The number of aromatic nitrogens is 1. The smallest absolute Gasteiger partial charge is 0.194 e. The fraction of sp³-hybridized carbons (Fsp3) is 0.438. The van der Waals surface area contributed by atoms with Crippen LogP contribution in [0.1, 0.15) is 11.3 Å². The molecule has 0 radical (unpaired) electrons. The van der Waals surface area contributed by atoms with Crippen LogP contribution in [-0.2, 0) is 6.54 Å². The molecule has 0 saturated carbocycles. The molecule has 0 spiro atoms. The molecule has 0 amide bonds. The third-order valence-corrected chi connectivity index (χ3v) is 3.73. The van der Waals surface area contributed by atoms with Gasteiger partial charge in [-0.3, -0.25) is 9.69 Å². The minimum absolute atomic E-state index is 0.0155. The number of hydrogen-bond donors (Lipinski definition) is 3. The maximum atomic E-state index is 12.7. The Kier molecular flexibility index (Phi) is 5.54. The largest absolute Gasteiger partial charge is 0.497 e. The van der Waals surface area contributed by atoms with E-state index in [2.05, 4.69) is 4.98 Å². The van der Waals surface area contributed by atoms with Crippen LogP contribution in [0.15, 0.2) is 23.0 Å². The van der Waals surface area contributed by atoms with Crippen molar-refractivity contribution < 1.29 is 14.9 Å². The van der Waals surface area contributed by atoms with Crippen LogP contribution in [0.4, 0.5) is 0 Å². The number of methoxy groups -OCH3 is 1. The van der Waals surface area contributed by atoms with E-state index >= 15 is 0 Å². The molecule has 1 heterocycles. The van der Waals surface area contributed by atoms with Gasteiger partial charge in [0.15, 0.2) is 5.43 Å². The second kappa shape index (κ2) is 7.40. The van der Waals surface area contributed by atoms with Gasteiger partial charge in [0, 0.05) is 41.8 Å². The quantitative estimate of drug-likeness (QED) is 0.698. The van der Waals surface area contributed by atoms with Gasteiger partial charge in [0.2, 0.25) is 0 Å². The van der Waals surface area contributed by atoms with Gasteiger partial charge in [-0.05, 0) is 25.1 Å². The van der Waals surface area contributed by atoms with Gasteiger partial charge in [-0.15, -0.1) is 0 Å². The highest BCUT2D eigenvalue weighted by atomic mass is 16.5. The molecule has 0 unspecified atom stereocenters. The number of pyridine rings is 1. The lowest BCUT2D eigenvalue weighted by Crippen LogP contribution is -2.32. The van der Waals surface area contributed by atoms with Crippen molar-refractivity contribution in [2.45, 2.75) is 13.5 Å². The highest BCUT2D eigenvalue weighted by Crippen LogP contribution is 2.18. The fourth-order valence-electron chi connectivity index (χ4n) is 2.52. The summed E-state index contributed by atoms with van der Waals surface area (Å²) in [4.78, 5) is 17.8. The molecule has 0 fully saturated rings. The summed E-state index contributed by atoms with van der Waals surface area (Å²) in [5, 5.41) is 18.8. The topological polar surface area (TPSA) is 85.8 Å². The lowest BCUT2D eigenvalue weighted by molar-refractivity contribution is 0.155. The maximum Gasteiger partial charge on any atom is 0.194 e. The van der Waals surface area contributed by atoms with Crippen LogP contribution in [0.5, 0.6) is 5.75 Å². The van der Waals surface area contributed by atoms with Crippen molar-refractivity contribution in [1.82, 2.24) is 9.88 Å².